The minimum Gasteiger partial charge on any atom is -0.481 e. The molecule has 0 aromatic heterocycles. The van der Waals surface area contributed by atoms with Crippen molar-refractivity contribution in [2.75, 3.05) is 13.2 Å². The van der Waals surface area contributed by atoms with Gasteiger partial charge in [0.05, 0.1) is 24.5 Å². The number of rotatable bonds is 4. The van der Waals surface area contributed by atoms with Gasteiger partial charge in [0.1, 0.15) is 0 Å². The summed E-state index contributed by atoms with van der Waals surface area (Å²) < 4.78 is 6.26. The molecular formula is C13H15BrO3. The maximum absolute atomic E-state index is 11.4. The molecule has 1 aromatic carbocycles. The largest absolute Gasteiger partial charge is 0.481 e. The highest BCUT2D eigenvalue weighted by atomic mass is 79.9. The van der Waals surface area contributed by atoms with E-state index in [1.54, 1.807) is 0 Å². The Morgan fingerprint density at radius 2 is 2.29 bits per heavy atom. The fourth-order valence-corrected chi connectivity index (χ4v) is 2.89. The van der Waals surface area contributed by atoms with Crippen molar-refractivity contribution >= 4 is 21.9 Å². The summed E-state index contributed by atoms with van der Waals surface area (Å²) in [5.41, 5.74) is 0.692. The molecule has 0 saturated carbocycles. The number of hydrogen-bond acceptors (Lipinski definition) is 2. The molecule has 1 heterocycles. The first-order chi connectivity index (χ1) is 8.10. The fraction of sp³-hybridized carbons (Fsp3) is 0.462. The van der Waals surface area contributed by atoms with Crippen LogP contribution in [-0.2, 0) is 14.9 Å². The maximum Gasteiger partial charge on any atom is 0.307 e. The lowest BCUT2D eigenvalue weighted by Crippen LogP contribution is -2.54. The molecule has 4 heteroatoms. The lowest BCUT2D eigenvalue weighted by Gasteiger charge is -2.45. The number of hydrogen-bond donors (Lipinski definition) is 1. The second kappa shape index (κ2) is 4.78. The van der Waals surface area contributed by atoms with Crippen molar-refractivity contribution < 1.29 is 14.6 Å². The van der Waals surface area contributed by atoms with Crippen LogP contribution in [0.3, 0.4) is 0 Å². The van der Waals surface area contributed by atoms with Crippen molar-refractivity contribution in [2.45, 2.75) is 18.8 Å². The van der Waals surface area contributed by atoms with Crippen LogP contribution in [-0.4, -0.2) is 24.3 Å². The van der Waals surface area contributed by atoms with Crippen molar-refractivity contribution in [3.8, 4) is 0 Å². The quantitative estimate of drug-likeness (QED) is 0.930. The molecule has 1 saturated heterocycles. The molecule has 2 rings (SSSR count). The van der Waals surface area contributed by atoms with Crippen LogP contribution in [0.25, 0.3) is 0 Å². The van der Waals surface area contributed by atoms with Crippen LogP contribution in [0.2, 0.25) is 0 Å². The first-order valence-electron chi connectivity index (χ1n) is 5.67. The monoisotopic (exact) mass is 298 g/mol. The van der Waals surface area contributed by atoms with Crippen LogP contribution in [0.4, 0.5) is 0 Å². The van der Waals surface area contributed by atoms with Crippen LogP contribution < -0.4 is 0 Å². The Morgan fingerprint density at radius 3 is 2.71 bits per heavy atom. The minimum atomic E-state index is -0.740. The van der Waals surface area contributed by atoms with E-state index >= 15 is 0 Å². The fourth-order valence-electron chi connectivity index (χ4n) is 2.49. The van der Waals surface area contributed by atoms with Gasteiger partial charge in [-0.25, -0.2) is 0 Å². The van der Waals surface area contributed by atoms with Gasteiger partial charge in [-0.1, -0.05) is 35.0 Å². The molecule has 1 aromatic rings. The van der Waals surface area contributed by atoms with Gasteiger partial charge in [-0.2, -0.15) is 0 Å². The lowest BCUT2D eigenvalue weighted by atomic mass is 9.67. The van der Waals surface area contributed by atoms with E-state index in [0.717, 1.165) is 10.0 Å². The van der Waals surface area contributed by atoms with Crippen LogP contribution in [0.1, 0.15) is 18.9 Å². The zero-order chi connectivity index (χ0) is 12.5. The third kappa shape index (κ3) is 2.11. The zero-order valence-electron chi connectivity index (χ0n) is 9.65. The summed E-state index contributed by atoms with van der Waals surface area (Å²) in [6.07, 6.45) is 0.616. The number of carboxylic acid groups (broad SMARTS) is 1. The highest BCUT2D eigenvalue weighted by Crippen LogP contribution is 2.41. The lowest BCUT2D eigenvalue weighted by molar-refractivity contribution is -0.157. The van der Waals surface area contributed by atoms with Gasteiger partial charge in [0.2, 0.25) is 0 Å². The molecule has 1 aliphatic heterocycles. The Bertz CT molecular complexity index is 426. The average Bonchev–Trinajstić information content (AvgIpc) is 2.22. The third-order valence-corrected chi connectivity index (χ3v) is 3.99. The van der Waals surface area contributed by atoms with E-state index in [9.17, 15) is 9.90 Å². The second-order valence-corrected chi connectivity index (χ2v) is 5.37. The molecular weight excluding hydrogens is 284 g/mol. The molecule has 1 aliphatic rings. The van der Waals surface area contributed by atoms with Gasteiger partial charge >= 0.3 is 5.97 Å². The highest BCUT2D eigenvalue weighted by molar-refractivity contribution is 9.10. The molecule has 1 unspecified atom stereocenters. The van der Waals surface area contributed by atoms with Gasteiger partial charge in [-0.3, -0.25) is 4.79 Å². The van der Waals surface area contributed by atoms with Gasteiger partial charge in [0.25, 0.3) is 0 Å². The topological polar surface area (TPSA) is 46.5 Å². The zero-order valence-corrected chi connectivity index (χ0v) is 11.2. The molecule has 1 N–H and O–H groups in total. The highest BCUT2D eigenvalue weighted by Gasteiger charge is 2.49. The standard InChI is InChI=1S/C13H15BrO3/c1-2-11(12(15)16)13(7-17-8-13)9-4-3-5-10(14)6-9/h3-6,11H,2,7-8H2,1H3,(H,15,16). The second-order valence-electron chi connectivity index (χ2n) is 4.46. The van der Waals surface area contributed by atoms with Gasteiger partial charge < -0.3 is 9.84 Å². The number of halogens is 1. The summed E-state index contributed by atoms with van der Waals surface area (Å²) in [6, 6.07) is 7.86. The Morgan fingerprint density at radius 1 is 1.59 bits per heavy atom. The molecule has 0 spiro atoms. The normalized spacial score (nSPS) is 19.4. The van der Waals surface area contributed by atoms with E-state index in [4.69, 9.17) is 4.74 Å². The van der Waals surface area contributed by atoms with Crippen molar-refractivity contribution in [3.05, 3.63) is 34.3 Å². The van der Waals surface area contributed by atoms with E-state index in [-0.39, 0.29) is 11.3 Å². The van der Waals surface area contributed by atoms with E-state index in [2.05, 4.69) is 15.9 Å². The molecule has 0 radical (unpaired) electrons. The minimum absolute atomic E-state index is 0.357. The summed E-state index contributed by atoms with van der Waals surface area (Å²) in [6.45, 7) is 2.90. The number of carboxylic acids is 1. The summed E-state index contributed by atoms with van der Waals surface area (Å²) in [7, 11) is 0. The maximum atomic E-state index is 11.4. The Labute approximate surface area is 109 Å². The Balaban J connectivity index is 2.40. The summed E-state index contributed by atoms with van der Waals surface area (Å²) in [4.78, 5) is 11.4. The number of carbonyl (C=O) groups is 1. The number of ether oxygens (including phenoxy) is 1. The van der Waals surface area contributed by atoms with E-state index < -0.39 is 5.97 Å². The van der Waals surface area contributed by atoms with Crippen LogP contribution in [0.5, 0.6) is 0 Å². The average molecular weight is 299 g/mol. The smallest absolute Gasteiger partial charge is 0.307 e. The van der Waals surface area contributed by atoms with Crippen LogP contribution >= 0.6 is 15.9 Å². The number of aliphatic carboxylic acids is 1. The van der Waals surface area contributed by atoms with Crippen molar-refractivity contribution in [1.82, 2.24) is 0 Å². The van der Waals surface area contributed by atoms with E-state index in [0.29, 0.717) is 19.6 Å². The van der Waals surface area contributed by atoms with E-state index in [1.807, 2.05) is 31.2 Å². The molecule has 3 nitrogen and oxygen atoms in total. The Hall–Kier alpha value is -0.870. The molecule has 17 heavy (non-hydrogen) atoms. The van der Waals surface area contributed by atoms with Crippen LogP contribution in [0, 0.1) is 5.92 Å². The predicted octanol–water partition coefficient (Wildman–Crippen LogP) is 2.83. The third-order valence-electron chi connectivity index (χ3n) is 3.49. The van der Waals surface area contributed by atoms with Crippen molar-refractivity contribution in [3.63, 3.8) is 0 Å². The molecule has 0 amide bonds. The van der Waals surface area contributed by atoms with E-state index in [1.165, 1.54) is 0 Å². The van der Waals surface area contributed by atoms with Crippen molar-refractivity contribution in [2.24, 2.45) is 5.92 Å². The first-order valence-corrected chi connectivity index (χ1v) is 6.46. The summed E-state index contributed by atoms with van der Waals surface area (Å²) in [5, 5.41) is 9.34. The van der Waals surface area contributed by atoms with Gasteiger partial charge in [0.15, 0.2) is 0 Å². The number of benzene rings is 1. The molecule has 0 aliphatic carbocycles. The first kappa shape index (κ1) is 12.6. The summed E-state index contributed by atoms with van der Waals surface area (Å²) in [5.74, 6) is -1.12. The molecule has 1 fully saturated rings. The van der Waals surface area contributed by atoms with Gasteiger partial charge in [0, 0.05) is 4.47 Å². The SMILES string of the molecule is CCC(C(=O)O)C1(c2cccc(Br)c2)COC1. The van der Waals surface area contributed by atoms with Crippen LogP contribution in [0.15, 0.2) is 28.7 Å². The van der Waals surface area contributed by atoms with Gasteiger partial charge in [-0.05, 0) is 24.1 Å². The Kier molecular flexibility index (Phi) is 3.54. The predicted molar refractivity (Wildman–Crippen MR) is 68.1 cm³/mol. The molecule has 92 valence electrons. The van der Waals surface area contributed by atoms with Crippen molar-refractivity contribution in [1.29, 1.82) is 0 Å². The summed E-state index contributed by atoms with van der Waals surface area (Å²) >= 11 is 3.43. The molecule has 1 atom stereocenters. The van der Waals surface area contributed by atoms with Gasteiger partial charge in [-0.15, -0.1) is 0 Å². The molecule has 0 bridgehead atoms.